The molecule has 4 nitrogen and oxygen atoms in total. The Labute approximate surface area is 132 Å². The molecule has 0 bridgehead atoms. The van der Waals surface area contributed by atoms with E-state index in [9.17, 15) is 18.0 Å². The third-order valence-electron chi connectivity index (χ3n) is 3.05. The van der Waals surface area contributed by atoms with Gasteiger partial charge in [-0.15, -0.1) is 0 Å². The van der Waals surface area contributed by atoms with Gasteiger partial charge in [0.05, 0.1) is 16.3 Å². The summed E-state index contributed by atoms with van der Waals surface area (Å²) >= 11 is 5.83. The Kier molecular flexibility index (Phi) is 3.73. The summed E-state index contributed by atoms with van der Waals surface area (Å²) in [5, 5.41) is 2.29. The molecule has 2 heterocycles. The van der Waals surface area contributed by atoms with Crippen molar-refractivity contribution in [3.05, 3.63) is 58.9 Å². The largest absolute Gasteiger partial charge is 0.449 e. The summed E-state index contributed by atoms with van der Waals surface area (Å²) in [5.74, 6) is -0.795. The lowest BCUT2D eigenvalue weighted by Gasteiger charge is -2.10. The molecule has 0 aliphatic rings. The fourth-order valence-electron chi connectivity index (χ4n) is 1.96. The number of carbonyl (C=O) groups excluding carboxylic acids is 1. The monoisotopic (exact) mass is 340 g/mol. The summed E-state index contributed by atoms with van der Waals surface area (Å²) in [7, 11) is 0. The van der Waals surface area contributed by atoms with Crippen LogP contribution in [0.2, 0.25) is 5.02 Å². The Morgan fingerprint density at radius 2 is 2.00 bits per heavy atom. The van der Waals surface area contributed by atoms with Gasteiger partial charge in [0.25, 0.3) is 5.91 Å². The average molecular weight is 341 g/mol. The maximum atomic E-state index is 12.7. The van der Waals surface area contributed by atoms with Gasteiger partial charge in [-0.1, -0.05) is 11.6 Å². The number of hydrogen-bond acceptors (Lipinski definition) is 3. The molecule has 23 heavy (non-hydrogen) atoms. The van der Waals surface area contributed by atoms with Crippen LogP contribution >= 0.6 is 11.6 Å². The molecule has 0 aliphatic carbocycles. The second kappa shape index (κ2) is 5.58. The molecule has 0 saturated carbocycles. The van der Waals surface area contributed by atoms with E-state index in [1.54, 1.807) is 12.1 Å². The number of nitrogens with one attached hydrogen (secondary N) is 1. The fraction of sp³-hybridized carbons (Fsp3) is 0.0667. The van der Waals surface area contributed by atoms with E-state index in [0.29, 0.717) is 11.1 Å². The van der Waals surface area contributed by atoms with E-state index in [4.69, 9.17) is 16.0 Å². The van der Waals surface area contributed by atoms with Gasteiger partial charge < -0.3 is 9.73 Å². The Morgan fingerprint density at radius 3 is 2.70 bits per heavy atom. The molecule has 0 aliphatic heterocycles. The molecule has 0 fully saturated rings. The van der Waals surface area contributed by atoms with E-state index in [0.717, 1.165) is 18.2 Å². The van der Waals surface area contributed by atoms with Crippen LogP contribution in [0.3, 0.4) is 0 Å². The highest BCUT2D eigenvalue weighted by atomic mass is 35.5. The topological polar surface area (TPSA) is 55.1 Å². The van der Waals surface area contributed by atoms with Crippen LogP contribution < -0.4 is 5.32 Å². The van der Waals surface area contributed by atoms with Crippen LogP contribution in [0.5, 0.6) is 0 Å². The van der Waals surface area contributed by atoms with Gasteiger partial charge >= 0.3 is 6.18 Å². The zero-order valence-corrected chi connectivity index (χ0v) is 12.1. The van der Waals surface area contributed by atoms with Gasteiger partial charge in [-0.2, -0.15) is 13.2 Å². The molecular weight excluding hydrogens is 333 g/mol. The van der Waals surface area contributed by atoms with Crippen LogP contribution in [0.25, 0.3) is 11.1 Å². The van der Waals surface area contributed by atoms with Crippen molar-refractivity contribution >= 4 is 34.3 Å². The van der Waals surface area contributed by atoms with E-state index in [2.05, 4.69) is 10.3 Å². The predicted octanol–water partition coefficient (Wildman–Crippen LogP) is 4.75. The molecule has 1 N–H and O–H groups in total. The molecule has 118 valence electrons. The second-order valence-electron chi connectivity index (χ2n) is 4.64. The Balaban J connectivity index is 1.90. The quantitative estimate of drug-likeness (QED) is 0.732. The maximum absolute atomic E-state index is 12.7. The summed E-state index contributed by atoms with van der Waals surface area (Å²) in [6.07, 6.45) is -3.00. The first-order valence-corrected chi connectivity index (χ1v) is 6.75. The van der Waals surface area contributed by atoms with Crippen LogP contribution in [0.4, 0.5) is 18.9 Å². The standard InChI is InChI=1S/C15H8ClF3N2O2/c16-9-4-3-8(15(17,18)19)6-10(9)21-14(22)13-7-11-12(23-13)2-1-5-20-11/h1-7H,(H,21,22). The van der Waals surface area contributed by atoms with Gasteiger partial charge in [0.15, 0.2) is 11.3 Å². The highest BCUT2D eigenvalue weighted by Crippen LogP contribution is 2.34. The second-order valence-corrected chi connectivity index (χ2v) is 5.05. The number of pyridine rings is 1. The van der Waals surface area contributed by atoms with Gasteiger partial charge in [-0.05, 0) is 30.3 Å². The molecule has 0 atom stereocenters. The number of carbonyl (C=O) groups is 1. The Morgan fingerprint density at radius 1 is 1.22 bits per heavy atom. The van der Waals surface area contributed by atoms with Crippen molar-refractivity contribution in [3.8, 4) is 0 Å². The minimum atomic E-state index is -4.53. The number of rotatable bonds is 2. The summed E-state index contributed by atoms with van der Waals surface area (Å²) in [6, 6.07) is 7.32. The number of amides is 1. The highest BCUT2D eigenvalue weighted by Gasteiger charge is 2.31. The molecule has 0 saturated heterocycles. The first-order chi connectivity index (χ1) is 10.8. The lowest BCUT2D eigenvalue weighted by molar-refractivity contribution is -0.137. The van der Waals surface area contributed by atoms with E-state index >= 15 is 0 Å². The first-order valence-electron chi connectivity index (χ1n) is 6.37. The molecular formula is C15H8ClF3N2O2. The molecule has 2 aromatic heterocycles. The van der Waals surface area contributed by atoms with Crippen molar-refractivity contribution in [1.82, 2.24) is 4.98 Å². The number of alkyl halides is 3. The summed E-state index contributed by atoms with van der Waals surface area (Å²) in [5.41, 5.74) is -0.205. The number of nitrogens with zero attached hydrogens (tertiary/aromatic N) is 1. The predicted molar refractivity (Wildman–Crippen MR) is 78.4 cm³/mol. The van der Waals surface area contributed by atoms with Crippen molar-refractivity contribution in [1.29, 1.82) is 0 Å². The Bertz CT molecular complexity index is 857. The zero-order chi connectivity index (χ0) is 16.6. The number of aromatic nitrogens is 1. The first kappa shape index (κ1) is 15.4. The van der Waals surface area contributed by atoms with Crippen LogP contribution in [-0.2, 0) is 6.18 Å². The molecule has 3 aromatic rings. The van der Waals surface area contributed by atoms with Crippen molar-refractivity contribution in [3.63, 3.8) is 0 Å². The van der Waals surface area contributed by atoms with Crippen molar-refractivity contribution in [2.45, 2.75) is 6.18 Å². The summed E-state index contributed by atoms with van der Waals surface area (Å²) < 4.78 is 43.5. The number of halogens is 4. The number of benzene rings is 1. The highest BCUT2D eigenvalue weighted by molar-refractivity contribution is 6.33. The molecule has 0 spiro atoms. The number of furan rings is 1. The Hall–Kier alpha value is -2.54. The lowest BCUT2D eigenvalue weighted by atomic mass is 10.2. The minimum Gasteiger partial charge on any atom is -0.449 e. The van der Waals surface area contributed by atoms with E-state index in [1.165, 1.54) is 12.3 Å². The summed E-state index contributed by atoms with van der Waals surface area (Å²) in [6.45, 7) is 0. The number of fused-ring (bicyclic) bond motifs is 1. The third-order valence-corrected chi connectivity index (χ3v) is 3.38. The van der Waals surface area contributed by atoms with Gasteiger partial charge in [0.1, 0.15) is 5.52 Å². The van der Waals surface area contributed by atoms with Crippen molar-refractivity contribution < 1.29 is 22.4 Å². The smallest absolute Gasteiger partial charge is 0.416 e. The fourth-order valence-corrected chi connectivity index (χ4v) is 2.13. The van der Waals surface area contributed by atoms with Gasteiger partial charge in [-0.3, -0.25) is 9.78 Å². The average Bonchev–Trinajstić information content (AvgIpc) is 2.92. The minimum absolute atomic E-state index is 0.0133. The van der Waals surface area contributed by atoms with Crippen LogP contribution in [0.15, 0.2) is 47.0 Å². The van der Waals surface area contributed by atoms with Crippen LogP contribution in [-0.4, -0.2) is 10.9 Å². The number of hydrogen-bond donors (Lipinski definition) is 1. The van der Waals surface area contributed by atoms with Gasteiger partial charge in [-0.25, -0.2) is 0 Å². The molecule has 8 heteroatoms. The molecule has 3 rings (SSSR count). The zero-order valence-electron chi connectivity index (χ0n) is 11.3. The van der Waals surface area contributed by atoms with Crippen LogP contribution in [0, 0.1) is 0 Å². The number of anilines is 1. The van der Waals surface area contributed by atoms with Gasteiger partial charge in [0, 0.05) is 12.3 Å². The maximum Gasteiger partial charge on any atom is 0.416 e. The lowest BCUT2D eigenvalue weighted by Crippen LogP contribution is -2.13. The molecule has 1 aromatic carbocycles. The van der Waals surface area contributed by atoms with Gasteiger partial charge in [0.2, 0.25) is 0 Å². The van der Waals surface area contributed by atoms with Crippen molar-refractivity contribution in [2.75, 3.05) is 5.32 Å². The molecule has 1 amide bonds. The van der Waals surface area contributed by atoms with E-state index in [-0.39, 0.29) is 16.5 Å². The third kappa shape index (κ3) is 3.14. The van der Waals surface area contributed by atoms with E-state index < -0.39 is 17.6 Å². The normalized spacial score (nSPS) is 11.7. The molecule has 0 unspecified atom stereocenters. The SMILES string of the molecule is O=C(Nc1cc(C(F)(F)F)ccc1Cl)c1cc2ncccc2o1. The van der Waals surface area contributed by atoms with E-state index in [1.807, 2.05) is 0 Å². The van der Waals surface area contributed by atoms with Crippen LogP contribution in [0.1, 0.15) is 16.1 Å². The van der Waals surface area contributed by atoms with Crippen molar-refractivity contribution in [2.24, 2.45) is 0 Å². The molecule has 0 radical (unpaired) electrons. The summed E-state index contributed by atoms with van der Waals surface area (Å²) in [4.78, 5) is 16.1.